The van der Waals surface area contributed by atoms with Gasteiger partial charge in [-0.2, -0.15) is 0 Å². The third kappa shape index (κ3) is 4.36. The van der Waals surface area contributed by atoms with E-state index in [0.29, 0.717) is 17.4 Å². The van der Waals surface area contributed by atoms with E-state index in [-0.39, 0.29) is 35.8 Å². The molecule has 9 aromatic rings. The van der Waals surface area contributed by atoms with Crippen molar-refractivity contribution in [1.29, 1.82) is 0 Å². The SMILES string of the molecule is [2H]c1c([2H])c([2H])c(-c2ccc3ccc4c(-c5c6ccccc6c(-c6cc(C(C)C)cc(C(C)C)c6)c6ccccc56)ccc5ccc2c3c54)c([2H])c1[2H]. The summed E-state index contributed by atoms with van der Waals surface area (Å²) in [6.07, 6.45) is 0. The molecule has 0 aliphatic carbocycles. The van der Waals surface area contributed by atoms with E-state index in [9.17, 15) is 0 Å². The summed E-state index contributed by atoms with van der Waals surface area (Å²) < 4.78 is 42.5. The molecule has 0 aromatic heterocycles. The van der Waals surface area contributed by atoms with Crippen molar-refractivity contribution in [3.63, 3.8) is 0 Å². The summed E-state index contributed by atoms with van der Waals surface area (Å²) in [4.78, 5) is 0. The number of hydrogen-bond donors (Lipinski definition) is 0. The van der Waals surface area contributed by atoms with Crippen molar-refractivity contribution in [1.82, 2.24) is 0 Å². The standard InChI is InChI=1S/C48H38/c1-29(2)34-26-35(30(3)4)28-36(27-34)45-38-14-8-10-16-40(38)48(41-17-11-9-15-39(41)45)44-25-21-33-19-23-42-37(31-12-6-5-7-13-31)22-18-32-20-24-43(44)47(33)46(32)42/h5-30H,1-4H3/i5D,6D,7D,12D,13D. The summed E-state index contributed by atoms with van der Waals surface area (Å²) in [6, 6.07) is 40.2. The molecule has 0 saturated carbocycles. The highest BCUT2D eigenvalue weighted by atomic mass is 14.2. The monoisotopic (exact) mass is 619 g/mol. The lowest BCUT2D eigenvalue weighted by Gasteiger charge is -2.21. The molecule has 0 bridgehead atoms. The van der Waals surface area contributed by atoms with Crippen LogP contribution in [0, 0.1) is 0 Å². The molecule has 0 fully saturated rings. The van der Waals surface area contributed by atoms with Crippen LogP contribution in [0.1, 0.15) is 57.5 Å². The fourth-order valence-corrected chi connectivity index (χ4v) is 7.84. The van der Waals surface area contributed by atoms with Gasteiger partial charge in [-0.3, -0.25) is 0 Å². The largest absolute Gasteiger partial charge is 0.0629 e. The molecule has 0 unspecified atom stereocenters. The lowest BCUT2D eigenvalue weighted by molar-refractivity contribution is 0.835. The molecule has 0 atom stereocenters. The Morgan fingerprint density at radius 2 is 0.875 bits per heavy atom. The second kappa shape index (κ2) is 11.1. The van der Waals surface area contributed by atoms with Crippen LogP contribution >= 0.6 is 0 Å². The topological polar surface area (TPSA) is 0 Å². The van der Waals surface area contributed by atoms with Gasteiger partial charge >= 0.3 is 0 Å². The van der Waals surface area contributed by atoms with Crippen LogP contribution in [-0.2, 0) is 0 Å². The number of benzene rings is 9. The third-order valence-corrected chi connectivity index (χ3v) is 10.2. The molecule has 0 saturated heterocycles. The van der Waals surface area contributed by atoms with Gasteiger partial charge in [-0.15, -0.1) is 0 Å². The van der Waals surface area contributed by atoms with Crippen LogP contribution in [0.5, 0.6) is 0 Å². The summed E-state index contributed by atoms with van der Waals surface area (Å²) in [6.45, 7) is 9.07. The Balaban J connectivity index is 1.38. The first kappa shape index (κ1) is 23.8. The van der Waals surface area contributed by atoms with E-state index in [4.69, 9.17) is 6.85 Å². The molecule has 0 heteroatoms. The van der Waals surface area contributed by atoms with Crippen molar-refractivity contribution >= 4 is 53.9 Å². The van der Waals surface area contributed by atoms with Crippen LogP contribution in [-0.4, -0.2) is 0 Å². The first-order valence-electron chi connectivity index (χ1n) is 19.4. The molecule has 0 nitrogen and oxygen atoms in total. The van der Waals surface area contributed by atoms with Crippen molar-refractivity contribution < 1.29 is 6.85 Å². The quantitative estimate of drug-likeness (QED) is 0.133. The van der Waals surface area contributed by atoms with Gasteiger partial charge in [0.15, 0.2) is 0 Å². The van der Waals surface area contributed by atoms with Crippen molar-refractivity contribution in [2.24, 2.45) is 0 Å². The molecule has 0 aliphatic rings. The Morgan fingerprint density at radius 3 is 1.40 bits per heavy atom. The zero-order valence-electron chi connectivity index (χ0n) is 32.6. The summed E-state index contributed by atoms with van der Waals surface area (Å²) >= 11 is 0. The van der Waals surface area contributed by atoms with Crippen molar-refractivity contribution in [2.45, 2.75) is 39.5 Å². The van der Waals surface area contributed by atoms with Gasteiger partial charge in [-0.25, -0.2) is 0 Å². The highest BCUT2D eigenvalue weighted by Crippen LogP contribution is 2.48. The maximum Gasteiger partial charge on any atom is 0.0629 e. The number of rotatable bonds is 5. The lowest BCUT2D eigenvalue weighted by atomic mass is 9.82. The van der Waals surface area contributed by atoms with E-state index in [1.165, 1.54) is 49.4 Å². The number of hydrogen-bond acceptors (Lipinski definition) is 0. The summed E-state index contributed by atoms with van der Waals surface area (Å²) in [5, 5.41) is 11.1. The average molecular weight is 620 g/mol. The fourth-order valence-electron chi connectivity index (χ4n) is 7.84. The first-order chi connectivity index (χ1) is 25.5. The van der Waals surface area contributed by atoms with Crippen molar-refractivity contribution in [2.75, 3.05) is 0 Å². The van der Waals surface area contributed by atoms with Crippen molar-refractivity contribution in [3.8, 4) is 33.4 Å². The van der Waals surface area contributed by atoms with Gasteiger partial charge in [0.05, 0.1) is 6.85 Å². The Kier molecular flexibility index (Phi) is 5.49. The molecule has 230 valence electrons. The van der Waals surface area contributed by atoms with E-state index >= 15 is 0 Å². The Hall–Kier alpha value is -5.46. The molecule has 0 heterocycles. The smallest absolute Gasteiger partial charge is 0.0622 e. The molecule has 0 amide bonds. The Morgan fingerprint density at radius 1 is 0.417 bits per heavy atom. The number of fused-ring (bicyclic) bond motifs is 2. The lowest BCUT2D eigenvalue weighted by Crippen LogP contribution is -1.97. The van der Waals surface area contributed by atoms with Gasteiger partial charge in [0.2, 0.25) is 0 Å². The second-order valence-corrected chi connectivity index (χ2v) is 13.7. The normalized spacial score (nSPS) is 13.6. The highest BCUT2D eigenvalue weighted by Gasteiger charge is 2.21. The van der Waals surface area contributed by atoms with Crippen LogP contribution in [0.2, 0.25) is 0 Å². The fraction of sp³-hybridized carbons (Fsp3) is 0.125. The Labute approximate surface area is 289 Å². The van der Waals surface area contributed by atoms with E-state index in [0.717, 1.165) is 37.9 Å². The van der Waals surface area contributed by atoms with Gasteiger partial charge in [0.25, 0.3) is 0 Å². The second-order valence-electron chi connectivity index (χ2n) is 13.7. The van der Waals surface area contributed by atoms with Gasteiger partial charge in [-0.1, -0.05) is 173 Å². The zero-order valence-corrected chi connectivity index (χ0v) is 27.6. The molecule has 0 radical (unpaired) electrons. The maximum absolute atomic E-state index is 8.78. The van der Waals surface area contributed by atoms with Crippen LogP contribution in [0.25, 0.3) is 87.2 Å². The van der Waals surface area contributed by atoms with E-state index < -0.39 is 0 Å². The van der Waals surface area contributed by atoms with Crippen LogP contribution in [0.4, 0.5) is 0 Å². The molecule has 9 aromatic carbocycles. The molecule has 0 aliphatic heterocycles. The maximum atomic E-state index is 8.78. The molecular weight excluding hydrogens is 577 g/mol. The predicted molar refractivity (Wildman–Crippen MR) is 210 cm³/mol. The predicted octanol–water partition coefficient (Wildman–Crippen LogP) is 14.1. The van der Waals surface area contributed by atoms with Gasteiger partial charge in [0, 0.05) is 0 Å². The summed E-state index contributed by atoms with van der Waals surface area (Å²) in [5.41, 5.74) is 8.38. The molecule has 9 rings (SSSR count). The minimum atomic E-state index is -0.385. The van der Waals surface area contributed by atoms with Crippen LogP contribution < -0.4 is 0 Å². The van der Waals surface area contributed by atoms with E-state index in [1.807, 2.05) is 18.2 Å². The average Bonchev–Trinajstić information content (AvgIpc) is 3.17. The molecular formula is C48H38. The molecule has 0 N–H and O–H groups in total. The molecule has 48 heavy (non-hydrogen) atoms. The van der Waals surface area contributed by atoms with Gasteiger partial charge < -0.3 is 0 Å². The minimum absolute atomic E-state index is 0.191. The van der Waals surface area contributed by atoms with Gasteiger partial charge in [-0.05, 0) is 110 Å². The minimum Gasteiger partial charge on any atom is -0.0622 e. The Bertz CT molecular complexity index is 2840. The summed E-state index contributed by atoms with van der Waals surface area (Å²) in [5.74, 6) is 0.810. The van der Waals surface area contributed by atoms with Gasteiger partial charge in [0.1, 0.15) is 0 Å². The molecule has 0 spiro atoms. The van der Waals surface area contributed by atoms with Crippen LogP contribution in [0.15, 0.2) is 145 Å². The van der Waals surface area contributed by atoms with Crippen LogP contribution in [0.3, 0.4) is 0 Å². The van der Waals surface area contributed by atoms with Crippen molar-refractivity contribution in [3.05, 3.63) is 157 Å². The van der Waals surface area contributed by atoms with E-state index in [1.54, 1.807) is 0 Å². The third-order valence-electron chi connectivity index (χ3n) is 10.2. The first-order valence-corrected chi connectivity index (χ1v) is 16.9. The highest BCUT2D eigenvalue weighted by molar-refractivity contribution is 6.30. The van der Waals surface area contributed by atoms with E-state index in [2.05, 4.69) is 125 Å². The zero-order chi connectivity index (χ0) is 36.9. The summed E-state index contributed by atoms with van der Waals surface area (Å²) in [7, 11) is 0.